The first kappa shape index (κ1) is 9.58. The van der Waals surface area contributed by atoms with E-state index < -0.39 is 6.04 Å². The molecule has 1 unspecified atom stereocenters. The maximum absolute atomic E-state index is 10.5. The molecule has 0 bridgehead atoms. The van der Waals surface area contributed by atoms with E-state index in [0.717, 1.165) is 0 Å². The van der Waals surface area contributed by atoms with E-state index in [1.54, 1.807) is 12.0 Å². The SMILES string of the molecule is CCNC1=CC=C(O)C(N)C1=C=O. The van der Waals surface area contributed by atoms with E-state index >= 15 is 0 Å². The zero-order chi connectivity index (χ0) is 9.84. The predicted molar refractivity (Wildman–Crippen MR) is 49.7 cm³/mol. The van der Waals surface area contributed by atoms with Crippen molar-refractivity contribution >= 4 is 5.94 Å². The summed E-state index contributed by atoms with van der Waals surface area (Å²) in [6.45, 7) is 2.60. The van der Waals surface area contributed by atoms with Gasteiger partial charge in [-0.3, -0.25) is 0 Å². The lowest BCUT2D eigenvalue weighted by molar-refractivity contribution is 0.378. The van der Waals surface area contributed by atoms with Gasteiger partial charge in [0.05, 0.1) is 11.3 Å². The number of aliphatic hydroxyl groups excluding tert-OH is 1. The largest absolute Gasteiger partial charge is 0.510 e. The summed E-state index contributed by atoms with van der Waals surface area (Å²) in [4.78, 5) is 10.5. The van der Waals surface area contributed by atoms with Gasteiger partial charge in [0.25, 0.3) is 0 Å². The molecule has 0 amide bonds. The highest BCUT2D eigenvalue weighted by Gasteiger charge is 2.21. The van der Waals surface area contributed by atoms with Crippen molar-refractivity contribution in [1.82, 2.24) is 5.32 Å². The van der Waals surface area contributed by atoms with E-state index in [4.69, 9.17) is 5.73 Å². The van der Waals surface area contributed by atoms with Gasteiger partial charge in [0.15, 0.2) is 0 Å². The monoisotopic (exact) mass is 180 g/mol. The topological polar surface area (TPSA) is 75.3 Å². The van der Waals surface area contributed by atoms with E-state index in [9.17, 15) is 9.90 Å². The standard InChI is InChI=1S/C9H12N2O2/c1-2-11-7-3-4-8(13)9(10)6(7)5-12/h3-4,9,11,13H,2,10H2,1H3. The van der Waals surface area contributed by atoms with Crippen LogP contribution in [0.5, 0.6) is 0 Å². The number of rotatable bonds is 2. The number of hydrogen-bond acceptors (Lipinski definition) is 4. The number of nitrogens with two attached hydrogens (primary N) is 1. The van der Waals surface area contributed by atoms with Crippen molar-refractivity contribution in [3.8, 4) is 0 Å². The Morgan fingerprint density at radius 2 is 2.38 bits per heavy atom. The molecule has 0 aromatic rings. The molecule has 0 aliphatic heterocycles. The third-order valence-electron chi connectivity index (χ3n) is 1.82. The van der Waals surface area contributed by atoms with E-state index in [-0.39, 0.29) is 11.3 Å². The molecule has 0 spiro atoms. The summed E-state index contributed by atoms with van der Waals surface area (Å²) in [5.74, 6) is 1.72. The van der Waals surface area contributed by atoms with Crippen LogP contribution in [0.15, 0.2) is 29.2 Å². The van der Waals surface area contributed by atoms with Crippen molar-refractivity contribution in [3.05, 3.63) is 29.2 Å². The molecule has 4 heteroatoms. The van der Waals surface area contributed by atoms with Gasteiger partial charge in [-0.25, -0.2) is 4.79 Å². The number of allylic oxidation sites excluding steroid dienone is 2. The van der Waals surface area contributed by atoms with Crippen molar-refractivity contribution in [3.63, 3.8) is 0 Å². The average Bonchev–Trinajstić information content (AvgIpc) is 2.12. The second kappa shape index (κ2) is 3.94. The van der Waals surface area contributed by atoms with E-state index in [1.807, 2.05) is 6.92 Å². The Bertz CT molecular complexity index is 312. The molecule has 0 aromatic heterocycles. The third kappa shape index (κ3) is 1.80. The maximum Gasteiger partial charge on any atom is 0.132 e. The molecular weight excluding hydrogens is 168 g/mol. The van der Waals surface area contributed by atoms with Crippen LogP contribution in [0.3, 0.4) is 0 Å². The molecule has 4 nitrogen and oxygen atoms in total. The first-order valence-electron chi connectivity index (χ1n) is 4.06. The molecule has 0 aromatic carbocycles. The van der Waals surface area contributed by atoms with Crippen LogP contribution in [0.25, 0.3) is 0 Å². The number of aliphatic hydroxyl groups is 1. The summed E-state index contributed by atoms with van der Waals surface area (Å²) in [6, 6.07) is -0.753. The highest BCUT2D eigenvalue weighted by Crippen LogP contribution is 2.17. The normalized spacial score (nSPS) is 21.7. The number of nitrogens with one attached hydrogen (secondary N) is 1. The number of hydrogen-bond donors (Lipinski definition) is 3. The van der Waals surface area contributed by atoms with Gasteiger partial charge < -0.3 is 16.2 Å². The van der Waals surface area contributed by atoms with Crippen LogP contribution >= 0.6 is 0 Å². The van der Waals surface area contributed by atoms with Crippen LogP contribution in [0.4, 0.5) is 0 Å². The summed E-state index contributed by atoms with van der Waals surface area (Å²) in [5, 5.41) is 12.2. The Labute approximate surface area is 76.4 Å². The van der Waals surface area contributed by atoms with Crippen LogP contribution in [-0.2, 0) is 4.79 Å². The lowest BCUT2D eigenvalue weighted by Crippen LogP contribution is -2.32. The Hall–Kier alpha value is -1.51. The molecule has 1 aliphatic carbocycles. The summed E-state index contributed by atoms with van der Waals surface area (Å²) in [6.07, 6.45) is 3.09. The second-order valence-electron chi connectivity index (χ2n) is 2.70. The average molecular weight is 180 g/mol. The molecule has 1 atom stereocenters. The van der Waals surface area contributed by atoms with Crippen molar-refractivity contribution in [2.75, 3.05) is 6.54 Å². The van der Waals surface area contributed by atoms with E-state index in [1.165, 1.54) is 6.08 Å². The van der Waals surface area contributed by atoms with Gasteiger partial charge in [0.1, 0.15) is 17.7 Å². The van der Waals surface area contributed by atoms with Gasteiger partial charge in [-0.1, -0.05) is 0 Å². The molecule has 13 heavy (non-hydrogen) atoms. The van der Waals surface area contributed by atoms with Crippen LogP contribution in [0, 0.1) is 0 Å². The van der Waals surface area contributed by atoms with Crippen molar-refractivity contribution < 1.29 is 9.90 Å². The highest BCUT2D eigenvalue weighted by atomic mass is 16.3. The minimum absolute atomic E-state index is 0.0139. The third-order valence-corrected chi connectivity index (χ3v) is 1.82. The molecule has 0 fully saturated rings. The van der Waals surface area contributed by atoms with E-state index in [0.29, 0.717) is 12.2 Å². The van der Waals surface area contributed by atoms with Crippen molar-refractivity contribution in [2.45, 2.75) is 13.0 Å². The zero-order valence-corrected chi connectivity index (χ0v) is 7.37. The minimum atomic E-state index is -0.753. The van der Waals surface area contributed by atoms with Gasteiger partial charge in [0, 0.05) is 6.54 Å². The van der Waals surface area contributed by atoms with E-state index in [2.05, 4.69) is 5.32 Å². The summed E-state index contributed by atoms with van der Waals surface area (Å²) < 4.78 is 0. The fourth-order valence-electron chi connectivity index (χ4n) is 1.14. The lowest BCUT2D eigenvalue weighted by Gasteiger charge is -2.19. The number of likely N-dealkylation sites (N-methyl/N-ethyl adjacent to an activating group) is 1. The zero-order valence-electron chi connectivity index (χ0n) is 7.37. The molecule has 0 saturated carbocycles. The Morgan fingerprint density at radius 1 is 1.69 bits per heavy atom. The fourth-order valence-corrected chi connectivity index (χ4v) is 1.14. The smallest absolute Gasteiger partial charge is 0.132 e. The summed E-state index contributed by atoms with van der Waals surface area (Å²) in [7, 11) is 0. The van der Waals surface area contributed by atoms with Gasteiger partial charge in [-0.15, -0.1) is 0 Å². The molecular formula is C9H12N2O2. The van der Waals surface area contributed by atoms with Crippen LogP contribution in [-0.4, -0.2) is 23.6 Å². The molecule has 0 heterocycles. The van der Waals surface area contributed by atoms with Gasteiger partial charge in [-0.05, 0) is 19.1 Å². The molecule has 4 N–H and O–H groups in total. The maximum atomic E-state index is 10.5. The predicted octanol–water partition coefficient (Wildman–Crippen LogP) is 0.0206. The Kier molecular flexibility index (Phi) is 2.90. The van der Waals surface area contributed by atoms with Crippen LogP contribution < -0.4 is 11.1 Å². The first-order chi connectivity index (χ1) is 6.20. The summed E-state index contributed by atoms with van der Waals surface area (Å²) in [5.41, 5.74) is 6.45. The van der Waals surface area contributed by atoms with Gasteiger partial charge >= 0.3 is 0 Å². The van der Waals surface area contributed by atoms with Gasteiger partial charge in [0.2, 0.25) is 0 Å². The van der Waals surface area contributed by atoms with Gasteiger partial charge in [-0.2, -0.15) is 0 Å². The van der Waals surface area contributed by atoms with Crippen molar-refractivity contribution in [2.24, 2.45) is 5.73 Å². The summed E-state index contributed by atoms with van der Waals surface area (Å²) >= 11 is 0. The van der Waals surface area contributed by atoms with Crippen LogP contribution in [0.2, 0.25) is 0 Å². The molecule has 70 valence electrons. The molecule has 0 radical (unpaired) electrons. The second-order valence-corrected chi connectivity index (χ2v) is 2.70. The number of carbonyl (C=O) groups excluding carboxylic acids is 1. The quantitative estimate of drug-likeness (QED) is 0.524. The van der Waals surface area contributed by atoms with Crippen LogP contribution in [0.1, 0.15) is 6.92 Å². The minimum Gasteiger partial charge on any atom is -0.510 e. The van der Waals surface area contributed by atoms with Crippen molar-refractivity contribution in [1.29, 1.82) is 0 Å². The molecule has 0 saturated heterocycles. The lowest BCUT2D eigenvalue weighted by atomic mass is 9.99. The first-order valence-corrected chi connectivity index (χ1v) is 4.06. The fraction of sp³-hybridized carbons (Fsp3) is 0.333. The Balaban J connectivity index is 3.00. The highest BCUT2D eigenvalue weighted by molar-refractivity contribution is 5.66. The molecule has 1 rings (SSSR count). The molecule has 1 aliphatic rings. The Morgan fingerprint density at radius 3 is 2.92 bits per heavy atom.